The molecule has 0 bridgehead atoms. The molecule has 2 amide bonds. The van der Waals surface area contributed by atoms with E-state index < -0.39 is 11.9 Å². The van der Waals surface area contributed by atoms with E-state index in [0.717, 1.165) is 23.3 Å². The fraction of sp³-hybridized carbons (Fsp3) is 0.350. The van der Waals surface area contributed by atoms with Crippen LogP contribution in [-0.2, 0) is 11.2 Å². The third-order valence-corrected chi connectivity index (χ3v) is 4.80. The number of unbranched alkanes of at least 4 members (excludes halogenated alkanes) is 1. The number of rotatable bonds is 9. The lowest BCUT2D eigenvalue weighted by atomic mass is 10.1. The summed E-state index contributed by atoms with van der Waals surface area (Å²) >= 11 is 5.83. The molecule has 12 heteroatoms. The number of nitrogen functional groups attached to an aromatic ring is 2. The molecule has 0 fully saturated rings. The topological polar surface area (TPSA) is 178 Å². The van der Waals surface area contributed by atoms with Gasteiger partial charge in [0.15, 0.2) is 35.0 Å². The summed E-state index contributed by atoms with van der Waals surface area (Å²) in [5.41, 5.74) is 17.7. The van der Waals surface area contributed by atoms with E-state index in [2.05, 4.69) is 9.97 Å². The molecule has 2 aromatic rings. The van der Waals surface area contributed by atoms with Crippen molar-refractivity contribution in [3.05, 3.63) is 40.7 Å². The summed E-state index contributed by atoms with van der Waals surface area (Å²) in [5.74, 6) is -0.879. The molecule has 0 saturated carbocycles. The summed E-state index contributed by atoms with van der Waals surface area (Å²) in [6.45, 7) is 0.181. The molecule has 0 aliphatic rings. The molecule has 1 heterocycles. The molecule has 0 saturated heterocycles. The highest BCUT2D eigenvalue weighted by Crippen LogP contribution is 2.19. The lowest BCUT2D eigenvalue weighted by Crippen LogP contribution is -2.42. The van der Waals surface area contributed by atoms with Crippen LogP contribution in [0.15, 0.2) is 24.3 Å². The van der Waals surface area contributed by atoms with E-state index in [1.807, 2.05) is 12.1 Å². The summed E-state index contributed by atoms with van der Waals surface area (Å²) in [5, 5.41) is 7.56. The van der Waals surface area contributed by atoms with Crippen molar-refractivity contribution in [1.29, 1.82) is 5.41 Å². The van der Waals surface area contributed by atoms with E-state index in [9.17, 15) is 9.59 Å². The molecule has 1 aromatic carbocycles. The van der Waals surface area contributed by atoms with Crippen molar-refractivity contribution in [2.45, 2.75) is 19.3 Å². The summed E-state index contributed by atoms with van der Waals surface area (Å²) < 4.78 is 5.45. The van der Waals surface area contributed by atoms with Crippen molar-refractivity contribution in [3.8, 4) is 5.75 Å². The summed E-state index contributed by atoms with van der Waals surface area (Å²) in [6.07, 6.45) is 2.06. The molecule has 0 atom stereocenters. The number of nitrogens with two attached hydrogens (primary N) is 3. The van der Waals surface area contributed by atoms with Gasteiger partial charge in [0.25, 0.3) is 11.8 Å². The van der Waals surface area contributed by atoms with Gasteiger partial charge in [0.1, 0.15) is 5.75 Å². The van der Waals surface area contributed by atoms with Gasteiger partial charge >= 0.3 is 0 Å². The number of aryl methyl sites for hydroxylation is 1. The average molecular weight is 463 g/mol. The van der Waals surface area contributed by atoms with Gasteiger partial charge in [-0.3, -0.25) is 19.9 Å². The second-order valence-electron chi connectivity index (χ2n) is 7.15. The first-order chi connectivity index (χ1) is 15.1. The van der Waals surface area contributed by atoms with Crippen LogP contribution in [0.1, 0.15) is 28.9 Å². The Morgan fingerprint density at radius 2 is 1.75 bits per heavy atom. The summed E-state index contributed by atoms with van der Waals surface area (Å²) in [4.78, 5) is 34.5. The molecule has 11 nitrogen and oxygen atoms in total. The van der Waals surface area contributed by atoms with Crippen LogP contribution < -0.4 is 21.9 Å². The number of hydrogen-bond donors (Lipinski definition) is 4. The Labute approximate surface area is 191 Å². The number of benzene rings is 1. The number of aromatic nitrogens is 2. The van der Waals surface area contributed by atoms with Crippen LogP contribution in [0.2, 0.25) is 5.15 Å². The predicted molar refractivity (Wildman–Crippen MR) is 122 cm³/mol. The quantitative estimate of drug-likeness (QED) is 0.243. The fourth-order valence-electron chi connectivity index (χ4n) is 2.68. The van der Waals surface area contributed by atoms with E-state index >= 15 is 0 Å². The number of nitrogens with one attached hydrogen (secondary N) is 1. The van der Waals surface area contributed by atoms with E-state index in [-0.39, 0.29) is 41.5 Å². The standard InChI is InChI=1S/C20H27ClN8O3/c1-28(2)14(30)11-32-13-8-6-12(7-9-13)5-3-4-10-29(20(24)25)19(31)15-17(22)27-18(23)16(21)26-15/h6-9H,3-5,10-11H2,1-2H3,(H3,24,25)(H4,22,23,27). The maximum atomic E-state index is 12.7. The van der Waals surface area contributed by atoms with Crippen molar-refractivity contribution in [2.75, 3.05) is 38.7 Å². The Morgan fingerprint density at radius 1 is 1.09 bits per heavy atom. The highest BCUT2D eigenvalue weighted by atomic mass is 35.5. The number of nitrogens with zero attached hydrogens (tertiary/aromatic N) is 4. The molecule has 172 valence electrons. The second kappa shape index (κ2) is 11.1. The van der Waals surface area contributed by atoms with Crippen LogP contribution in [0.4, 0.5) is 11.6 Å². The van der Waals surface area contributed by atoms with E-state index in [1.54, 1.807) is 26.2 Å². The number of carbonyl (C=O) groups is 2. The van der Waals surface area contributed by atoms with E-state index in [0.29, 0.717) is 12.2 Å². The second-order valence-corrected chi connectivity index (χ2v) is 7.51. The molecule has 0 spiro atoms. The number of amides is 2. The number of ether oxygens (including phenoxy) is 1. The number of anilines is 2. The Balaban J connectivity index is 1.88. The summed E-state index contributed by atoms with van der Waals surface area (Å²) in [7, 11) is 3.34. The van der Waals surface area contributed by atoms with Crippen LogP contribution in [-0.4, -0.2) is 64.8 Å². The van der Waals surface area contributed by atoms with Crippen molar-refractivity contribution in [1.82, 2.24) is 19.8 Å². The number of guanidine groups is 1. The van der Waals surface area contributed by atoms with Gasteiger partial charge in [-0.05, 0) is 37.0 Å². The van der Waals surface area contributed by atoms with E-state index in [4.69, 9.17) is 38.9 Å². The summed E-state index contributed by atoms with van der Waals surface area (Å²) in [6, 6.07) is 7.43. The third kappa shape index (κ3) is 6.71. The van der Waals surface area contributed by atoms with Gasteiger partial charge in [0, 0.05) is 20.6 Å². The number of hydrogen-bond acceptors (Lipinski definition) is 8. The van der Waals surface area contributed by atoms with Crippen LogP contribution in [0.5, 0.6) is 5.75 Å². The first-order valence-corrected chi connectivity index (χ1v) is 10.1. The van der Waals surface area contributed by atoms with Crippen molar-refractivity contribution < 1.29 is 14.3 Å². The Morgan fingerprint density at radius 3 is 2.34 bits per heavy atom. The minimum absolute atomic E-state index is 0.0185. The Kier molecular flexibility index (Phi) is 8.59. The molecule has 32 heavy (non-hydrogen) atoms. The number of halogens is 1. The zero-order chi connectivity index (χ0) is 23.8. The maximum absolute atomic E-state index is 12.7. The molecule has 0 aliphatic heterocycles. The molecule has 7 N–H and O–H groups in total. The highest BCUT2D eigenvalue weighted by Gasteiger charge is 2.23. The Hall–Kier alpha value is -3.60. The van der Waals surface area contributed by atoms with Crippen molar-refractivity contribution in [3.63, 3.8) is 0 Å². The van der Waals surface area contributed by atoms with E-state index in [1.165, 1.54) is 4.90 Å². The first-order valence-electron chi connectivity index (χ1n) is 9.76. The smallest absolute Gasteiger partial charge is 0.283 e. The lowest BCUT2D eigenvalue weighted by Gasteiger charge is -2.20. The molecular formula is C20H27ClN8O3. The molecule has 0 radical (unpaired) electrons. The van der Waals surface area contributed by atoms with Crippen LogP contribution >= 0.6 is 11.6 Å². The minimum atomic E-state index is -0.668. The minimum Gasteiger partial charge on any atom is -0.484 e. The highest BCUT2D eigenvalue weighted by molar-refractivity contribution is 6.31. The molecule has 1 aromatic heterocycles. The largest absolute Gasteiger partial charge is 0.484 e. The predicted octanol–water partition coefficient (Wildman–Crippen LogP) is 1.12. The SMILES string of the molecule is CN(C)C(=O)COc1ccc(CCCCN(C(=N)N)C(=O)c2nc(Cl)c(N)nc2N)cc1. The molecule has 2 rings (SSSR count). The van der Waals surface area contributed by atoms with Gasteiger partial charge in [-0.1, -0.05) is 23.7 Å². The van der Waals surface area contributed by atoms with Gasteiger partial charge < -0.3 is 26.8 Å². The molecule has 0 unspecified atom stereocenters. The van der Waals surface area contributed by atoms with Gasteiger partial charge in [0.2, 0.25) is 0 Å². The van der Waals surface area contributed by atoms with Crippen LogP contribution in [0.25, 0.3) is 0 Å². The fourth-order valence-corrected chi connectivity index (χ4v) is 2.81. The average Bonchev–Trinajstić information content (AvgIpc) is 2.74. The maximum Gasteiger partial charge on any atom is 0.283 e. The Bertz CT molecular complexity index is 982. The third-order valence-electron chi connectivity index (χ3n) is 4.53. The normalized spacial score (nSPS) is 10.5. The van der Waals surface area contributed by atoms with Gasteiger partial charge in [0.05, 0.1) is 0 Å². The van der Waals surface area contributed by atoms with Crippen molar-refractivity contribution >= 4 is 41.0 Å². The van der Waals surface area contributed by atoms with Crippen LogP contribution in [0, 0.1) is 5.41 Å². The first kappa shape index (κ1) is 24.7. The number of likely N-dealkylation sites (N-methyl/N-ethyl adjacent to an activating group) is 1. The van der Waals surface area contributed by atoms with Gasteiger partial charge in [-0.2, -0.15) is 0 Å². The van der Waals surface area contributed by atoms with Crippen LogP contribution in [0.3, 0.4) is 0 Å². The zero-order valence-corrected chi connectivity index (χ0v) is 18.7. The van der Waals surface area contributed by atoms with Gasteiger partial charge in [-0.15, -0.1) is 0 Å². The van der Waals surface area contributed by atoms with Gasteiger partial charge in [-0.25, -0.2) is 9.97 Å². The van der Waals surface area contributed by atoms with Crippen molar-refractivity contribution in [2.24, 2.45) is 5.73 Å². The lowest BCUT2D eigenvalue weighted by molar-refractivity contribution is -0.130. The molecule has 0 aliphatic carbocycles. The monoisotopic (exact) mass is 462 g/mol. The zero-order valence-electron chi connectivity index (χ0n) is 18.0. The number of carbonyl (C=O) groups excluding carboxylic acids is 2. The molecular weight excluding hydrogens is 436 g/mol.